The van der Waals surface area contributed by atoms with Crippen LogP contribution in [0.3, 0.4) is 0 Å². The van der Waals surface area contributed by atoms with Crippen molar-refractivity contribution in [3.05, 3.63) is 71.3 Å². The van der Waals surface area contributed by atoms with Gasteiger partial charge in [0.15, 0.2) is 11.5 Å². The SMILES string of the molecule is C#Cc1c(F)ccc2cccc(-c3nc4c5c(nc(OC[C@@]67CCCN6[C@H](COc6cc(C(F)(F)F)ncn6)CC7)nc5c3F)N3C[C@@H](CC)N[C@@H](C)[C@H]3CCC4)c12. The first-order valence-electron chi connectivity index (χ1n) is 20.0. The van der Waals surface area contributed by atoms with Crippen LogP contribution in [0.2, 0.25) is 0 Å². The van der Waals surface area contributed by atoms with Gasteiger partial charge in [0.1, 0.15) is 42.4 Å². The van der Waals surface area contributed by atoms with Crippen molar-refractivity contribution in [2.24, 2.45) is 0 Å². The van der Waals surface area contributed by atoms with Crippen LogP contribution in [-0.2, 0) is 12.6 Å². The number of aryl methyl sites for hydroxylation is 1. The first-order valence-corrected chi connectivity index (χ1v) is 20.0. The summed E-state index contributed by atoms with van der Waals surface area (Å²) in [7, 11) is 0. The Bertz CT molecular complexity index is 2440. The van der Waals surface area contributed by atoms with Crippen LogP contribution in [0.15, 0.2) is 42.7 Å². The molecule has 7 heterocycles. The smallest absolute Gasteiger partial charge is 0.433 e. The number of benzene rings is 2. The number of piperazine rings is 1. The van der Waals surface area contributed by atoms with Crippen LogP contribution in [0.25, 0.3) is 32.9 Å². The van der Waals surface area contributed by atoms with Crippen molar-refractivity contribution in [2.75, 3.05) is 31.2 Å². The average molecular weight is 799 g/mol. The molecule has 2 aromatic carbocycles. The summed E-state index contributed by atoms with van der Waals surface area (Å²) in [6.07, 6.45) is 8.40. The molecule has 10 nitrogen and oxygen atoms in total. The number of nitrogens with one attached hydrogen (secondary N) is 1. The lowest BCUT2D eigenvalue weighted by Gasteiger charge is -2.46. The molecular formula is C43H43F5N8O2. The van der Waals surface area contributed by atoms with E-state index >= 15 is 8.78 Å². The molecule has 5 aromatic rings. The van der Waals surface area contributed by atoms with Crippen LogP contribution in [0, 0.1) is 24.0 Å². The predicted octanol–water partition coefficient (Wildman–Crippen LogP) is 7.65. The van der Waals surface area contributed by atoms with Gasteiger partial charge in [0.05, 0.1) is 22.2 Å². The molecule has 15 heteroatoms. The maximum absolute atomic E-state index is 17.4. The Labute approximate surface area is 332 Å². The Morgan fingerprint density at radius 1 is 1.02 bits per heavy atom. The van der Waals surface area contributed by atoms with E-state index in [-0.39, 0.29) is 66.0 Å². The van der Waals surface area contributed by atoms with Gasteiger partial charge in [-0.05, 0) is 76.3 Å². The number of alkyl halides is 3. The zero-order valence-electron chi connectivity index (χ0n) is 32.3. The molecule has 0 aliphatic carbocycles. The largest absolute Gasteiger partial charge is 0.476 e. The minimum atomic E-state index is -4.61. The van der Waals surface area contributed by atoms with E-state index in [1.165, 1.54) is 6.07 Å². The summed E-state index contributed by atoms with van der Waals surface area (Å²) in [6.45, 7) is 6.10. The molecule has 4 aliphatic rings. The van der Waals surface area contributed by atoms with Gasteiger partial charge in [0, 0.05) is 47.7 Å². The van der Waals surface area contributed by atoms with Crippen molar-refractivity contribution in [3.8, 4) is 35.5 Å². The molecule has 58 heavy (non-hydrogen) atoms. The Morgan fingerprint density at radius 3 is 2.69 bits per heavy atom. The Kier molecular flexibility index (Phi) is 9.83. The number of rotatable bonds is 8. The molecule has 3 saturated heterocycles. The van der Waals surface area contributed by atoms with Crippen LogP contribution < -0.4 is 19.7 Å². The normalized spacial score (nSPS) is 24.6. The fourth-order valence-electron chi connectivity index (χ4n) is 9.83. The lowest BCUT2D eigenvalue weighted by molar-refractivity contribution is -0.141. The van der Waals surface area contributed by atoms with Gasteiger partial charge in [-0.3, -0.25) is 4.90 Å². The van der Waals surface area contributed by atoms with E-state index in [9.17, 15) is 13.2 Å². The van der Waals surface area contributed by atoms with Crippen LogP contribution >= 0.6 is 0 Å². The van der Waals surface area contributed by atoms with Gasteiger partial charge in [-0.1, -0.05) is 37.1 Å². The van der Waals surface area contributed by atoms with Crippen molar-refractivity contribution in [2.45, 2.75) is 101 Å². The van der Waals surface area contributed by atoms with Crippen LogP contribution in [0.1, 0.15) is 75.7 Å². The molecule has 5 atom stereocenters. The zero-order chi connectivity index (χ0) is 40.3. The second kappa shape index (κ2) is 14.9. The Morgan fingerprint density at radius 2 is 1.88 bits per heavy atom. The highest BCUT2D eigenvalue weighted by molar-refractivity contribution is 6.02. The summed E-state index contributed by atoms with van der Waals surface area (Å²) < 4.78 is 84.8. The number of hydrogen-bond acceptors (Lipinski definition) is 10. The second-order valence-electron chi connectivity index (χ2n) is 16.0. The molecule has 0 unspecified atom stereocenters. The topological polar surface area (TPSA) is 101 Å². The molecule has 9 rings (SSSR count). The van der Waals surface area contributed by atoms with Crippen molar-refractivity contribution in [3.63, 3.8) is 0 Å². The highest BCUT2D eigenvalue weighted by Gasteiger charge is 2.50. The number of fused-ring (bicyclic) bond motifs is 4. The number of hydrogen-bond donors (Lipinski definition) is 1. The van der Waals surface area contributed by atoms with Crippen molar-refractivity contribution in [1.29, 1.82) is 0 Å². The lowest BCUT2D eigenvalue weighted by atomic mass is 9.91. The number of halogens is 5. The molecule has 0 spiro atoms. The van der Waals surface area contributed by atoms with Gasteiger partial charge >= 0.3 is 12.2 Å². The van der Waals surface area contributed by atoms with Gasteiger partial charge in [-0.2, -0.15) is 23.1 Å². The van der Waals surface area contributed by atoms with Gasteiger partial charge in [0.2, 0.25) is 5.88 Å². The Hall–Kier alpha value is -5.20. The van der Waals surface area contributed by atoms with Crippen molar-refractivity contribution >= 4 is 27.5 Å². The lowest BCUT2D eigenvalue weighted by Crippen LogP contribution is -2.61. The molecule has 3 fully saturated rings. The number of ether oxygens (including phenoxy) is 2. The monoisotopic (exact) mass is 798 g/mol. The van der Waals surface area contributed by atoms with Gasteiger partial charge < -0.3 is 19.7 Å². The van der Waals surface area contributed by atoms with Crippen LogP contribution in [0.5, 0.6) is 11.9 Å². The standard InChI is InChI=1S/C43H43F5N8O2/c1-4-26-20-55-32(24(3)51-26)12-7-11-31-36-39(37(45)38(52-31)29-10-6-9-25-13-14-30(44)28(5-2)35(25)29)53-41(54-40(36)55)58-22-42-16-8-18-56(42)27(15-17-42)21-57-34-19-33(43(46,47)48)49-23-50-34/h2,6,9-10,13-14,19,23-24,26-27,32,51H,4,7-8,11-12,15-18,20-22H2,1,3H3/t24-,26+,27-,32+,42-/m0/s1. The third-order valence-electron chi connectivity index (χ3n) is 12.6. The number of anilines is 1. The highest BCUT2D eigenvalue weighted by Crippen LogP contribution is 2.44. The average Bonchev–Trinajstić information content (AvgIpc) is 3.78. The predicted molar refractivity (Wildman–Crippen MR) is 209 cm³/mol. The van der Waals surface area contributed by atoms with E-state index in [0.29, 0.717) is 46.2 Å². The maximum atomic E-state index is 17.4. The molecule has 0 radical (unpaired) electrons. The first kappa shape index (κ1) is 38.3. The van der Waals surface area contributed by atoms with Crippen molar-refractivity contribution in [1.82, 2.24) is 35.1 Å². The molecule has 3 aromatic heterocycles. The zero-order valence-corrected chi connectivity index (χ0v) is 32.3. The Balaban J connectivity index is 1.10. The summed E-state index contributed by atoms with van der Waals surface area (Å²) in [6, 6.07) is 9.43. The number of terminal acetylenes is 1. The van der Waals surface area contributed by atoms with E-state index in [4.69, 9.17) is 30.8 Å². The fourth-order valence-corrected chi connectivity index (χ4v) is 9.83. The molecule has 0 saturated carbocycles. The quantitative estimate of drug-likeness (QED) is 0.125. The summed E-state index contributed by atoms with van der Waals surface area (Å²) >= 11 is 0. The third-order valence-corrected chi connectivity index (χ3v) is 12.6. The summed E-state index contributed by atoms with van der Waals surface area (Å²) in [5, 5.41) is 5.36. The van der Waals surface area contributed by atoms with Crippen LogP contribution in [0.4, 0.5) is 27.8 Å². The molecule has 4 aliphatic heterocycles. The summed E-state index contributed by atoms with van der Waals surface area (Å²) in [5.74, 6) is 1.68. The van der Waals surface area contributed by atoms with E-state index in [1.54, 1.807) is 18.2 Å². The number of nitrogens with zero attached hydrogens (tertiary/aromatic N) is 7. The molecule has 1 N–H and O–H groups in total. The van der Waals surface area contributed by atoms with Crippen molar-refractivity contribution < 1.29 is 31.4 Å². The maximum Gasteiger partial charge on any atom is 0.433 e. The van der Waals surface area contributed by atoms with Gasteiger partial charge in [-0.15, -0.1) is 6.42 Å². The van der Waals surface area contributed by atoms with E-state index in [0.717, 1.165) is 63.9 Å². The molecule has 302 valence electrons. The summed E-state index contributed by atoms with van der Waals surface area (Å²) in [4.78, 5) is 26.7. The number of pyridine rings is 1. The minimum absolute atomic E-state index is 0.0354. The summed E-state index contributed by atoms with van der Waals surface area (Å²) in [5.41, 5.74) is -0.267. The molecular weight excluding hydrogens is 756 g/mol. The van der Waals surface area contributed by atoms with Gasteiger partial charge in [-0.25, -0.2) is 23.7 Å². The minimum Gasteiger partial charge on any atom is -0.476 e. The fraction of sp³-hybridized carbons (Fsp3) is 0.465. The van der Waals surface area contributed by atoms with Gasteiger partial charge in [0.25, 0.3) is 0 Å². The molecule has 0 bridgehead atoms. The second-order valence-corrected chi connectivity index (χ2v) is 16.0. The first-order chi connectivity index (χ1) is 28.0. The third kappa shape index (κ3) is 6.63. The number of aromatic nitrogens is 5. The van der Waals surface area contributed by atoms with E-state index in [1.807, 2.05) is 6.07 Å². The van der Waals surface area contributed by atoms with Crippen LogP contribution in [-0.4, -0.2) is 85.8 Å². The van der Waals surface area contributed by atoms with E-state index in [2.05, 4.69) is 44.9 Å². The van der Waals surface area contributed by atoms with E-state index < -0.39 is 29.0 Å². The highest BCUT2D eigenvalue weighted by atomic mass is 19.4. The molecule has 0 amide bonds.